The van der Waals surface area contributed by atoms with Gasteiger partial charge in [0.25, 0.3) is 5.91 Å². The number of aromatic nitrogens is 1. The predicted molar refractivity (Wildman–Crippen MR) is 118 cm³/mol. The van der Waals surface area contributed by atoms with E-state index in [9.17, 15) is 9.59 Å². The van der Waals surface area contributed by atoms with E-state index in [0.717, 1.165) is 23.2 Å². The maximum atomic E-state index is 12.5. The fourth-order valence-electron chi connectivity index (χ4n) is 3.33. The van der Waals surface area contributed by atoms with Crippen molar-refractivity contribution in [1.82, 2.24) is 9.88 Å². The Kier molecular flexibility index (Phi) is 5.74. The Morgan fingerprint density at radius 3 is 2.60 bits per heavy atom. The highest BCUT2D eigenvalue weighted by Crippen LogP contribution is 2.31. The number of nitrogens with zero attached hydrogens (tertiary/aromatic N) is 2. The van der Waals surface area contributed by atoms with Crippen molar-refractivity contribution in [3.63, 3.8) is 0 Å². The van der Waals surface area contributed by atoms with E-state index in [2.05, 4.69) is 16.9 Å². The first-order valence-electron chi connectivity index (χ1n) is 9.50. The average Bonchev–Trinajstić information content (AvgIpc) is 3.32. The number of anilines is 1. The molecule has 6 nitrogen and oxygen atoms in total. The second-order valence-corrected chi connectivity index (χ2v) is 7.77. The molecule has 0 fully saturated rings. The summed E-state index contributed by atoms with van der Waals surface area (Å²) in [5, 5.41) is 5.18. The van der Waals surface area contributed by atoms with E-state index >= 15 is 0 Å². The zero-order valence-corrected chi connectivity index (χ0v) is 17.4. The number of rotatable bonds is 7. The molecule has 0 radical (unpaired) electrons. The van der Waals surface area contributed by atoms with Gasteiger partial charge in [-0.25, -0.2) is 4.98 Å². The van der Waals surface area contributed by atoms with Crippen LogP contribution >= 0.6 is 11.3 Å². The van der Waals surface area contributed by atoms with Crippen molar-refractivity contribution in [3.8, 4) is 11.3 Å². The molecule has 30 heavy (non-hydrogen) atoms. The van der Waals surface area contributed by atoms with E-state index in [1.165, 1.54) is 21.8 Å². The van der Waals surface area contributed by atoms with Gasteiger partial charge in [0.1, 0.15) is 6.54 Å². The third kappa shape index (κ3) is 4.03. The van der Waals surface area contributed by atoms with Gasteiger partial charge in [-0.1, -0.05) is 49.0 Å². The van der Waals surface area contributed by atoms with E-state index in [1.54, 1.807) is 19.2 Å². The van der Waals surface area contributed by atoms with Crippen molar-refractivity contribution in [3.05, 3.63) is 77.2 Å². The molecule has 2 aromatic carbocycles. The quantitative estimate of drug-likeness (QED) is 0.627. The summed E-state index contributed by atoms with van der Waals surface area (Å²) in [6.45, 7) is 4.54. The van der Waals surface area contributed by atoms with Gasteiger partial charge in [-0.3, -0.25) is 14.5 Å². The van der Waals surface area contributed by atoms with Crippen LogP contribution in [-0.2, 0) is 16.0 Å². The fraction of sp³-hybridized carbons (Fsp3) is 0.174. The number of carbonyl (C=O) groups excluding carboxylic acids is 2. The van der Waals surface area contributed by atoms with E-state index < -0.39 is 0 Å². The molecule has 0 saturated heterocycles. The Bertz CT molecular complexity index is 1070. The smallest absolute Gasteiger partial charge is 0.259 e. The van der Waals surface area contributed by atoms with Gasteiger partial charge in [0.05, 0.1) is 12.3 Å². The molecule has 0 atom stereocenters. The van der Waals surface area contributed by atoms with Crippen molar-refractivity contribution in [2.75, 3.05) is 25.6 Å². The number of nitrogens with one attached hydrogen (secondary N) is 1. The number of fused-ring (bicyclic) bond motifs is 1. The summed E-state index contributed by atoms with van der Waals surface area (Å²) in [6.07, 6.45) is 0.861. The van der Waals surface area contributed by atoms with Gasteiger partial charge in [0.15, 0.2) is 5.13 Å². The van der Waals surface area contributed by atoms with Crippen molar-refractivity contribution in [1.29, 1.82) is 0 Å². The summed E-state index contributed by atoms with van der Waals surface area (Å²) in [5.74, 6) is -0.521. The second-order valence-electron chi connectivity index (χ2n) is 6.91. The van der Waals surface area contributed by atoms with Gasteiger partial charge in [-0.2, -0.15) is 0 Å². The number of hydrogen-bond donors (Lipinski definition) is 1. The number of carbonyl (C=O) groups is 2. The summed E-state index contributed by atoms with van der Waals surface area (Å²) >= 11 is 1.35. The fourth-order valence-corrected chi connectivity index (χ4v) is 4.07. The van der Waals surface area contributed by atoms with Gasteiger partial charge >= 0.3 is 0 Å². The van der Waals surface area contributed by atoms with Crippen LogP contribution < -0.4 is 5.32 Å². The number of benzene rings is 2. The maximum absolute atomic E-state index is 12.5. The van der Waals surface area contributed by atoms with Gasteiger partial charge in [0, 0.05) is 34.9 Å². The summed E-state index contributed by atoms with van der Waals surface area (Å²) < 4.78 is 5.10. The lowest BCUT2D eigenvalue weighted by Crippen LogP contribution is -2.32. The van der Waals surface area contributed by atoms with Crippen molar-refractivity contribution in [2.45, 2.75) is 6.42 Å². The highest BCUT2D eigenvalue weighted by atomic mass is 32.1. The Hall–Kier alpha value is -3.29. The van der Waals surface area contributed by atoms with Crippen LogP contribution in [0, 0.1) is 0 Å². The Labute approximate surface area is 178 Å². The summed E-state index contributed by atoms with van der Waals surface area (Å²) in [5.41, 5.74) is 4.84. The molecule has 2 heterocycles. The first-order chi connectivity index (χ1) is 14.6. The second kappa shape index (κ2) is 8.61. The molecule has 0 bridgehead atoms. The Morgan fingerprint density at radius 2 is 1.90 bits per heavy atom. The number of thiazole rings is 1. The molecule has 0 unspecified atom stereocenters. The van der Waals surface area contributed by atoms with Crippen LogP contribution in [0.25, 0.3) is 17.0 Å². The molecule has 4 rings (SSSR count). The standard InChI is InChI=1S/C23H21N3O3S/c1-15-18-5-3-4-6-19(18)22(28)26(15)13-21(27)25-23-24-20(14-30-23)17-9-7-16(8-10-17)11-12-29-2/h3-10,14H,1,11-13H2,2H3,(H,24,25,27). The minimum absolute atomic E-state index is 0.102. The lowest BCUT2D eigenvalue weighted by atomic mass is 10.1. The average molecular weight is 420 g/mol. The van der Waals surface area contributed by atoms with Crippen LogP contribution in [0.5, 0.6) is 0 Å². The summed E-state index contributed by atoms with van der Waals surface area (Å²) in [4.78, 5) is 30.9. The van der Waals surface area contributed by atoms with E-state index in [0.29, 0.717) is 23.0 Å². The molecule has 1 aliphatic rings. The van der Waals surface area contributed by atoms with Gasteiger partial charge in [-0.05, 0) is 18.1 Å². The largest absolute Gasteiger partial charge is 0.384 e. The van der Waals surface area contributed by atoms with Crippen LogP contribution in [0.2, 0.25) is 0 Å². The third-order valence-electron chi connectivity index (χ3n) is 4.94. The molecule has 0 spiro atoms. The van der Waals surface area contributed by atoms with E-state index in [-0.39, 0.29) is 18.4 Å². The van der Waals surface area contributed by atoms with Gasteiger partial charge < -0.3 is 10.1 Å². The molecule has 0 aliphatic carbocycles. The zero-order chi connectivity index (χ0) is 21.1. The first kappa shape index (κ1) is 20.0. The normalized spacial score (nSPS) is 12.9. The number of ether oxygens (including phenoxy) is 1. The lowest BCUT2D eigenvalue weighted by molar-refractivity contribution is -0.116. The zero-order valence-electron chi connectivity index (χ0n) is 16.6. The molecule has 1 aliphatic heterocycles. The van der Waals surface area contributed by atoms with Crippen molar-refractivity contribution >= 4 is 34.0 Å². The highest BCUT2D eigenvalue weighted by Gasteiger charge is 2.31. The molecular formula is C23H21N3O3S. The van der Waals surface area contributed by atoms with Crippen LogP contribution in [0.1, 0.15) is 21.5 Å². The summed E-state index contributed by atoms with van der Waals surface area (Å²) in [7, 11) is 1.69. The molecule has 1 N–H and O–H groups in total. The van der Waals surface area contributed by atoms with Gasteiger partial charge in [-0.15, -0.1) is 11.3 Å². The minimum atomic E-state index is -0.312. The molecule has 0 saturated carbocycles. The van der Waals surface area contributed by atoms with Crippen LogP contribution in [0.15, 0.2) is 60.5 Å². The van der Waals surface area contributed by atoms with Gasteiger partial charge in [0.2, 0.25) is 5.91 Å². The molecule has 2 amide bonds. The molecule has 1 aromatic heterocycles. The predicted octanol–water partition coefficient (Wildman–Crippen LogP) is 4.06. The lowest BCUT2D eigenvalue weighted by Gasteiger charge is -2.16. The maximum Gasteiger partial charge on any atom is 0.259 e. The van der Waals surface area contributed by atoms with E-state index in [4.69, 9.17) is 4.74 Å². The first-order valence-corrected chi connectivity index (χ1v) is 10.4. The Balaban J connectivity index is 1.39. The highest BCUT2D eigenvalue weighted by molar-refractivity contribution is 7.14. The monoisotopic (exact) mass is 419 g/mol. The number of hydrogen-bond acceptors (Lipinski definition) is 5. The number of methoxy groups -OCH3 is 1. The molecule has 3 aromatic rings. The van der Waals surface area contributed by atoms with Crippen molar-refractivity contribution in [2.24, 2.45) is 0 Å². The molecule has 152 valence electrons. The van der Waals surface area contributed by atoms with E-state index in [1.807, 2.05) is 41.8 Å². The molecule has 7 heteroatoms. The third-order valence-corrected chi connectivity index (χ3v) is 5.69. The van der Waals surface area contributed by atoms with Crippen LogP contribution in [0.4, 0.5) is 5.13 Å². The SMILES string of the molecule is C=C1c2ccccc2C(=O)N1CC(=O)Nc1nc(-c2ccc(CCOC)cc2)cs1. The van der Waals surface area contributed by atoms with Crippen molar-refractivity contribution < 1.29 is 14.3 Å². The summed E-state index contributed by atoms with van der Waals surface area (Å²) in [6, 6.07) is 15.3. The molecular weight excluding hydrogens is 398 g/mol. The topological polar surface area (TPSA) is 71.5 Å². The minimum Gasteiger partial charge on any atom is -0.384 e. The number of amides is 2. The van der Waals surface area contributed by atoms with Crippen LogP contribution in [0.3, 0.4) is 0 Å². The van der Waals surface area contributed by atoms with Crippen LogP contribution in [-0.4, -0.2) is 42.0 Å². The Morgan fingerprint density at radius 1 is 1.17 bits per heavy atom.